The number of imidazole rings is 1. The Bertz CT molecular complexity index is 1530. The van der Waals surface area contributed by atoms with Crippen LogP contribution in [0.5, 0.6) is 5.75 Å². The highest BCUT2D eigenvalue weighted by molar-refractivity contribution is 5.98. The minimum Gasteiger partial charge on any atom is -0.496 e. The molecule has 0 aliphatic carbocycles. The summed E-state index contributed by atoms with van der Waals surface area (Å²) in [5.74, 6) is 0.772. The number of carbonyl (C=O) groups excluding carboxylic acids is 1. The maximum atomic E-state index is 12.8. The van der Waals surface area contributed by atoms with Crippen LogP contribution in [0.3, 0.4) is 0 Å². The number of aromatic nitrogens is 6. The highest BCUT2D eigenvalue weighted by Crippen LogP contribution is 2.27. The summed E-state index contributed by atoms with van der Waals surface area (Å²) in [7, 11) is 3.44. The van der Waals surface area contributed by atoms with E-state index in [4.69, 9.17) is 4.74 Å². The molecule has 2 N–H and O–H groups in total. The summed E-state index contributed by atoms with van der Waals surface area (Å²) in [6.07, 6.45) is 1.60. The van der Waals surface area contributed by atoms with E-state index in [0.29, 0.717) is 22.8 Å². The Kier molecular flexibility index (Phi) is 4.66. The number of nitrogens with one attached hydrogen (secondary N) is 2. The maximum absolute atomic E-state index is 12.8. The molecule has 3 aromatic heterocycles. The summed E-state index contributed by atoms with van der Waals surface area (Å²) in [6.45, 7) is 0.181. The zero-order chi connectivity index (χ0) is 22.2. The van der Waals surface area contributed by atoms with E-state index in [1.807, 2.05) is 54.1 Å². The molecule has 0 spiro atoms. The van der Waals surface area contributed by atoms with E-state index >= 15 is 0 Å². The number of methoxy groups -OCH3 is 1. The van der Waals surface area contributed by atoms with Crippen LogP contribution in [0.2, 0.25) is 0 Å². The lowest BCUT2D eigenvalue weighted by Gasteiger charge is -2.08. The number of nitrogens with zero attached hydrogens (tertiary/aromatic N) is 5. The van der Waals surface area contributed by atoms with Crippen LogP contribution in [0.4, 0.5) is 0 Å². The number of benzene rings is 2. The molecule has 0 radical (unpaired) electrons. The van der Waals surface area contributed by atoms with Gasteiger partial charge in [0.2, 0.25) is 0 Å². The summed E-state index contributed by atoms with van der Waals surface area (Å²) in [5.41, 5.74) is 2.52. The van der Waals surface area contributed by atoms with Gasteiger partial charge in [-0.3, -0.25) is 9.59 Å². The minimum absolute atomic E-state index is 0.0587. The van der Waals surface area contributed by atoms with E-state index < -0.39 is 11.5 Å². The quantitative estimate of drug-likeness (QED) is 0.441. The molecule has 5 aromatic rings. The zero-order valence-corrected chi connectivity index (χ0v) is 17.4. The van der Waals surface area contributed by atoms with Gasteiger partial charge in [-0.2, -0.15) is 0 Å². The van der Waals surface area contributed by atoms with E-state index in [-0.39, 0.29) is 17.8 Å². The summed E-state index contributed by atoms with van der Waals surface area (Å²) in [5, 5.41) is 10.7. The molecule has 0 aliphatic rings. The largest absolute Gasteiger partial charge is 0.496 e. The Labute approximate surface area is 181 Å². The van der Waals surface area contributed by atoms with Crippen molar-refractivity contribution in [3.05, 3.63) is 76.6 Å². The molecule has 2 aromatic carbocycles. The topological polar surface area (TPSA) is 119 Å². The number of aryl methyl sites for hydroxylation is 1. The fraction of sp³-hybridized carbons (Fsp3) is 0.136. The van der Waals surface area contributed by atoms with Crippen molar-refractivity contribution < 1.29 is 9.53 Å². The number of carbonyl (C=O) groups is 1. The van der Waals surface area contributed by atoms with Gasteiger partial charge in [-0.1, -0.05) is 29.5 Å². The highest BCUT2D eigenvalue weighted by Gasteiger charge is 2.20. The van der Waals surface area contributed by atoms with Gasteiger partial charge >= 0.3 is 0 Å². The Balaban J connectivity index is 1.45. The van der Waals surface area contributed by atoms with Gasteiger partial charge in [0.25, 0.3) is 11.5 Å². The highest BCUT2D eigenvalue weighted by atomic mass is 16.5. The number of H-pyrrole nitrogens is 1. The molecule has 160 valence electrons. The number of ether oxygens (including phenoxy) is 1. The molecular formula is C22H19N7O3. The normalized spacial score (nSPS) is 11.2. The molecule has 10 heteroatoms. The van der Waals surface area contributed by atoms with Crippen molar-refractivity contribution >= 4 is 22.5 Å². The van der Waals surface area contributed by atoms with Gasteiger partial charge in [0.15, 0.2) is 11.2 Å². The lowest BCUT2D eigenvalue weighted by atomic mass is 10.1. The van der Waals surface area contributed by atoms with Gasteiger partial charge in [-0.05, 0) is 24.3 Å². The SMILES string of the molecule is COc1ccccc1-c1cn2nnc(C(=O)NCc3nc4ccccc4n3C)c2c(=O)[nH]1. The van der Waals surface area contributed by atoms with Gasteiger partial charge < -0.3 is 19.6 Å². The standard InChI is InChI=1S/C22H19N7O3/c1-28-16-9-5-4-8-14(16)24-18(28)11-23-21(30)19-20-22(31)25-15(12-29(20)27-26-19)13-7-3-6-10-17(13)32-2/h3-10,12H,11H2,1-2H3,(H,23,30)(H,25,31). The number of hydrogen-bond acceptors (Lipinski definition) is 6. The Morgan fingerprint density at radius 2 is 1.94 bits per heavy atom. The monoisotopic (exact) mass is 429 g/mol. The van der Waals surface area contributed by atoms with E-state index in [9.17, 15) is 9.59 Å². The van der Waals surface area contributed by atoms with Crippen molar-refractivity contribution in [3.63, 3.8) is 0 Å². The lowest BCUT2D eigenvalue weighted by Crippen LogP contribution is -2.26. The molecule has 0 atom stereocenters. The van der Waals surface area contributed by atoms with Gasteiger partial charge in [0.1, 0.15) is 11.6 Å². The second-order valence-electron chi connectivity index (χ2n) is 7.19. The first-order chi connectivity index (χ1) is 15.6. The first kappa shape index (κ1) is 19.5. The lowest BCUT2D eigenvalue weighted by molar-refractivity contribution is 0.0946. The van der Waals surface area contributed by atoms with Crippen LogP contribution in [-0.4, -0.2) is 42.4 Å². The smallest absolute Gasteiger partial charge is 0.276 e. The number of amides is 1. The van der Waals surface area contributed by atoms with Crippen molar-refractivity contribution in [1.29, 1.82) is 0 Å². The Hall–Kier alpha value is -4.47. The van der Waals surface area contributed by atoms with Crippen LogP contribution >= 0.6 is 0 Å². The van der Waals surface area contributed by atoms with Crippen LogP contribution in [0.25, 0.3) is 27.8 Å². The third kappa shape index (κ3) is 3.18. The number of fused-ring (bicyclic) bond motifs is 2. The average molecular weight is 429 g/mol. The summed E-state index contributed by atoms with van der Waals surface area (Å²) in [6, 6.07) is 15.0. The summed E-state index contributed by atoms with van der Waals surface area (Å²) >= 11 is 0. The van der Waals surface area contributed by atoms with Crippen molar-refractivity contribution in [2.24, 2.45) is 7.05 Å². The maximum Gasteiger partial charge on any atom is 0.276 e. The third-order valence-electron chi connectivity index (χ3n) is 5.31. The van der Waals surface area contributed by atoms with Crippen LogP contribution < -0.4 is 15.6 Å². The van der Waals surface area contributed by atoms with Crippen LogP contribution in [0.1, 0.15) is 16.3 Å². The molecule has 3 heterocycles. The number of rotatable bonds is 5. The Morgan fingerprint density at radius 1 is 1.16 bits per heavy atom. The van der Waals surface area contributed by atoms with Crippen molar-refractivity contribution in [1.82, 2.24) is 34.7 Å². The zero-order valence-electron chi connectivity index (χ0n) is 17.4. The first-order valence-corrected chi connectivity index (χ1v) is 9.87. The third-order valence-corrected chi connectivity index (χ3v) is 5.31. The second-order valence-corrected chi connectivity index (χ2v) is 7.19. The summed E-state index contributed by atoms with van der Waals surface area (Å²) < 4.78 is 8.57. The molecule has 0 unspecified atom stereocenters. The second kappa shape index (κ2) is 7.65. The van der Waals surface area contributed by atoms with Crippen molar-refractivity contribution in [3.8, 4) is 17.0 Å². The predicted molar refractivity (Wildman–Crippen MR) is 117 cm³/mol. The molecule has 10 nitrogen and oxygen atoms in total. The molecule has 1 amide bonds. The summed E-state index contributed by atoms with van der Waals surface area (Å²) in [4.78, 5) is 32.9. The Morgan fingerprint density at radius 3 is 2.75 bits per heavy atom. The number of aromatic amines is 1. The van der Waals surface area contributed by atoms with Crippen LogP contribution in [0.15, 0.2) is 59.5 Å². The molecule has 0 saturated heterocycles. The van der Waals surface area contributed by atoms with Gasteiger partial charge in [-0.25, -0.2) is 9.50 Å². The predicted octanol–water partition coefficient (Wildman–Crippen LogP) is 1.91. The van der Waals surface area contributed by atoms with Crippen LogP contribution in [0, 0.1) is 0 Å². The van der Waals surface area contributed by atoms with E-state index in [1.54, 1.807) is 19.4 Å². The molecule has 0 fully saturated rings. The molecule has 0 saturated carbocycles. The number of hydrogen-bond donors (Lipinski definition) is 2. The fourth-order valence-corrected chi connectivity index (χ4v) is 3.69. The van der Waals surface area contributed by atoms with Crippen molar-refractivity contribution in [2.45, 2.75) is 6.54 Å². The van der Waals surface area contributed by atoms with Crippen LogP contribution in [-0.2, 0) is 13.6 Å². The number of para-hydroxylation sites is 3. The fourth-order valence-electron chi connectivity index (χ4n) is 3.69. The average Bonchev–Trinajstić information content (AvgIpc) is 3.39. The van der Waals surface area contributed by atoms with Crippen molar-refractivity contribution in [2.75, 3.05) is 7.11 Å². The van der Waals surface area contributed by atoms with Gasteiger partial charge in [0.05, 0.1) is 36.6 Å². The molecule has 0 bridgehead atoms. The molecule has 0 aliphatic heterocycles. The molecule has 32 heavy (non-hydrogen) atoms. The molecule has 5 rings (SSSR count). The van der Waals surface area contributed by atoms with E-state index in [1.165, 1.54) is 4.52 Å². The molecular weight excluding hydrogens is 410 g/mol. The van der Waals surface area contributed by atoms with Gasteiger partial charge in [-0.15, -0.1) is 5.10 Å². The van der Waals surface area contributed by atoms with Gasteiger partial charge in [0, 0.05) is 12.6 Å². The van der Waals surface area contributed by atoms with E-state index in [2.05, 4.69) is 25.6 Å². The first-order valence-electron chi connectivity index (χ1n) is 9.87. The van der Waals surface area contributed by atoms with E-state index in [0.717, 1.165) is 11.0 Å². The minimum atomic E-state index is -0.511.